The number of phosphoric acid groups is 1. The largest absolute Gasteiger partial charge is 0.524 e. The Labute approximate surface area is 116 Å². The molecule has 0 aliphatic rings. The third-order valence-corrected chi connectivity index (χ3v) is 3.28. The van der Waals surface area contributed by atoms with Crippen molar-refractivity contribution in [3.63, 3.8) is 0 Å². The second kappa shape index (κ2) is 4.94. The maximum Gasteiger partial charge on any atom is 0.524 e. The summed E-state index contributed by atoms with van der Waals surface area (Å²) in [5.41, 5.74) is -0.311. The summed E-state index contributed by atoms with van der Waals surface area (Å²) in [5, 5.41) is 10.3. The number of benzene rings is 2. The minimum Gasteiger partial charge on any atom is -0.478 e. The van der Waals surface area contributed by atoms with Crippen LogP contribution in [0.15, 0.2) is 34.8 Å². The zero-order valence-electron chi connectivity index (χ0n) is 9.28. The second-order valence-electron chi connectivity index (χ2n) is 3.73. The fourth-order valence-electron chi connectivity index (χ4n) is 1.62. The van der Waals surface area contributed by atoms with Gasteiger partial charge in [-0.25, -0.2) is 9.36 Å². The number of aromatic carboxylic acids is 1. The highest BCUT2D eigenvalue weighted by Crippen LogP contribution is 2.40. The van der Waals surface area contributed by atoms with Crippen LogP contribution in [-0.2, 0) is 4.57 Å². The Kier molecular flexibility index (Phi) is 3.64. The van der Waals surface area contributed by atoms with Crippen molar-refractivity contribution in [2.24, 2.45) is 0 Å². The van der Waals surface area contributed by atoms with Crippen molar-refractivity contribution in [2.45, 2.75) is 0 Å². The van der Waals surface area contributed by atoms with Gasteiger partial charge in [0.1, 0.15) is 11.3 Å². The Bertz CT molecular complexity index is 708. The van der Waals surface area contributed by atoms with E-state index in [-0.39, 0.29) is 11.3 Å². The number of hydrogen-bond acceptors (Lipinski definition) is 3. The van der Waals surface area contributed by atoms with Gasteiger partial charge in [-0.05, 0) is 35.0 Å². The summed E-state index contributed by atoms with van der Waals surface area (Å²) < 4.78 is 16.0. The maximum absolute atomic E-state index is 11.1. The number of rotatable bonds is 3. The molecule has 2 aromatic rings. The quantitative estimate of drug-likeness (QED) is 0.738. The van der Waals surface area contributed by atoms with Gasteiger partial charge in [0.05, 0.1) is 0 Å². The Hall–Kier alpha value is -1.40. The van der Waals surface area contributed by atoms with Gasteiger partial charge >= 0.3 is 13.8 Å². The van der Waals surface area contributed by atoms with E-state index in [2.05, 4.69) is 20.5 Å². The molecule has 0 aromatic heterocycles. The topological polar surface area (TPSA) is 104 Å². The summed E-state index contributed by atoms with van der Waals surface area (Å²) in [6, 6.07) is 7.68. The standard InChI is InChI=1S/C11H8BrO6P/c12-8-2-1-6-5-10(18-19(15,16)17)9(11(13)14)4-7(6)3-8/h1-5H,(H,13,14)(H2,15,16,17). The number of carboxylic acid groups (broad SMARTS) is 1. The molecule has 0 amide bonds. The minimum atomic E-state index is -4.81. The summed E-state index contributed by atoms with van der Waals surface area (Å²) in [4.78, 5) is 28.7. The SMILES string of the molecule is O=C(O)c1cc2cc(Br)ccc2cc1OP(=O)(O)O. The molecule has 19 heavy (non-hydrogen) atoms. The normalized spacial score (nSPS) is 11.5. The monoisotopic (exact) mass is 346 g/mol. The number of hydrogen-bond donors (Lipinski definition) is 3. The summed E-state index contributed by atoms with van der Waals surface area (Å²) in [5.74, 6) is -1.69. The van der Waals surface area contributed by atoms with E-state index >= 15 is 0 Å². The van der Waals surface area contributed by atoms with Gasteiger partial charge in [0.25, 0.3) is 0 Å². The molecule has 0 saturated heterocycles. The van der Waals surface area contributed by atoms with Crippen LogP contribution in [-0.4, -0.2) is 20.9 Å². The first kappa shape index (κ1) is 14.0. The molecule has 0 atom stereocenters. The Morgan fingerprint density at radius 3 is 2.42 bits per heavy atom. The van der Waals surface area contributed by atoms with Gasteiger partial charge < -0.3 is 9.63 Å². The van der Waals surface area contributed by atoms with E-state index < -0.39 is 13.8 Å². The van der Waals surface area contributed by atoms with Crippen LogP contribution >= 0.6 is 23.8 Å². The van der Waals surface area contributed by atoms with Crippen LogP contribution in [0.5, 0.6) is 5.75 Å². The summed E-state index contributed by atoms with van der Waals surface area (Å²) in [7, 11) is -4.81. The molecule has 2 rings (SSSR count). The van der Waals surface area contributed by atoms with Crippen molar-refractivity contribution >= 4 is 40.5 Å². The van der Waals surface area contributed by atoms with Gasteiger partial charge in [0.15, 0.2) is 0 Å². The van der Waals surface area contributed by atoms with Crippen molar-refractivity contribution in [2.75, 3.05) is 0 Å². The lowest BCUT2D eigenvalue weighted by Gasteiger charge is -2.11. The van der Waals surface area contributed by atoms with Crippen LogP contribution in [0.25, 0.3) is 10.8 Å². The Morgan fingerprint density at radius 2 is 1.84 bits per heavy atom. The molecule has 0 aliphatic heterocycles. The van der Waals surface area contributed by atoms with Crippen molar-refractivity contribution in [1.82, 2.24) is 0 Å². The predicted octanol–water partition coefficient (Wildman–Crippen LogP) is 2.77. The van der Waals surface area contributed by atoms with Gasteiger partial charge in [0.2, 0.25) is 0 Å². The first-order valence-electron chi connectivity index (χ1n) is 4.98. The van der Waals surface area contributed by atoms with E-state index in [9.17, 15) is 9.36 Å². The molecular formula is C11H8BrO6P. The third kappa shape index (κ3) is 3.33. The van der Waals surface area contributed by atoms with E-state index in [0.717, 1.165) is 4.47 Å². The predicted molar refractivity (Wildman–Crippen MR) is 71.3 cm³/mol. The number of carboxylic acids is 1. The van der Waals surface area contributed by atoms with Crippen LogP contribution in [0.4, 0.5) is 0 Å². The summed E-state index contributed by atoms with van der Waals surface area (Å²) >= 11 is 3.26. The van der Waals surface area contributed by atoms with Gasteiger partial charge in [-0.15, -0.1) is 0 Å². The first-order chi connectivity index (χ1) is 8.76. The van der Waals surface area contributed by atoms with Crippen molar-refractivity contribution in [3.8, 4) is 5.75 Å². The summed E-state index contributed by atoms with van der Waals surface area (Å²) in [6.07, 6.45) is 0. The molecular weight excluding hydrogens is 339 g/mol. The number of halogens is 1. The van der Waals surface area contributed by atoms with Crippen LogP contribution in [0.3, 0.4) is 0 Å². The fraction of sp³-hybridized carbons (Fsp3) is 0. The third-order valence-electron chi connectivity index (χ3n) is 2.35. The summed E-state index contributed by atoms with van der Waals surface area (Å²) in [6.45, 7) is 0. The second-order valence-corrected chi connectivity index (χ2v) is 5.81. The van der Waals surface area contributed by atoms with Gasteiger partial charge in [-0.2, -0.15) is 0 Å². The zero-order valence-corrected chi connectivity index (χ0v) is 11.8. The molecule has 0 spiro atoms. The number of fused-ring (bicyclic) bond motifs is 1. The van der Waals surface area contributed by atoms with Crippen molar-refractivity contribution in [1.29, 1.82) is 0 Å². The molecule has 0 radical (unpaired) electrons. The van der Waals surface area contributed by atoms with E-state index in [0.29, 0.717) is 10.8 Å². The molecule has 0 heterocycles. The van der Waals surface area contributed by atoms with Crippen LogP contribution < -0.4 is 4.52 Å². The molecule has 0 saturated carbocycles. The Morgan fingerprint density at radius 1 is 1.16 bits per heavy atom. The smallest absolute Gasteiger partial charge is 0.478 e. The molecule has 100 valence electrons. The van der Waals surface area contributed by atoms with Crippen molar-refractivity contribution in [3.05, 3.63) is 40.4 Å². The number of phosphoric ester groups is 1. The van der Waals surface area contributed by atoms with Crippen molar-refractivity contribution < 1.29 is 28.8 Å². The highest BCUT2D eigenvalue weighted by atomic mass is 79.9. The van der Waals surface area contributed by atoms with E-state index in [4.69, 9.17) is 14.9 Å². The molecule has 0 bridgehead atoms. The van der Waals surface area contributed by atoms with Gasteiger partial charge in [0, 0.05) is 4.47 Å². The molecule has 3 N–H and O–H groups in total. The Balaban J connectivity index is 2.67. The molecule has 0 unspecified atom stereocenters. The van der Waals surface area contributed by atoms with E-state index in [1.54, 1.807) is 18.2 Å². The average Bonchev–Trinajstić information content (AvgIpc) is 2.26. The number of carbonyl (C=O) groups is 1. The molecule has 8 heteroatoms. The molecule has 0 aliphatic carbocycles. The highest BCUT2D eigenvalue weighted by Gasteiger charge is 2.21. The van der Waals surface area contributed by atoms with Gasteiger partial charge in [-0.3, -0.25) is 9.79 Å². The molecule has 2 aromatic carbocycles. The minimum absolute atomic E-state index is 0.311. The highest BCUT2D eigenvalue weighted by molar-refractivity contribution is 9.10. The average molecular weight is 347 g/mol. The molecule has 0 fully saturated rings. The molecule has 6 nitrogen and oxygen atoms in total. The van der Waals surface area contributed by atoms with Gasteiger partial charge in [-0.1, -0.05) is 22.0 Å². The van der Waals surface area contributed by atoms with Crippen LogP contribution in [0.2, 0.25) is 0 Å². The first-order valence-corrected chi connectivity index (χ1v) is 7.30. The lowest BCUT2D eigenvalue weighted by molar-refractivity contribution is 0.0695. The van der Waals surface area contributed by atoms with Crippen LogP contribution in [0, 0.1) is 0 Å². The van der Waals surface area contributed by atoms with E-state index in [1.165, 1.54) is 12.1 Å². The van der Waals surface area contributed by atoms with Crippen LogP contribution in [0.1, 0.15) is 10.4 Å². The lowest BCUT2D eigenvalue weighted by Crippen LogP contribution is -2.01. The van der Waals surface area contributed by atoms with E-state index in [1.807, 2.05) is 0 Å². The fourth-order valence-corrected chi connectivity index (χ4v) is 2.40. The lowest BCUT2D eigenvalue weighted by atomic mass is 10.1. The maximum atomic E-state index is 11.1. The zero-order chi connectivity index (χ0) is 14.2.